The van der Waals surface area contributed by atoms with Gasteiger partial charge in [0.15, 0.2) is 0 Å². The number of benzene rings is 1. The second-order valence-electron chi connectivity index (χ2n) is 4.56. The fourth-order valence-electron chi connectivity index (χ4n) is 2.05. The smallest absolute Gasteiger partial charge is 0.326 e. The third kappa shape index (κ3) is 4.66. The van der Waals surface area contributed by atoms with Crippen LogP contribution in [0.25, 0.3) is 0 Å². The summed E-state index contributed by atoms with van der Waals surface area (Å²) in [7, 11) is 1.67. The van der Waals surface area contributed by atoms with Gasteiger partial charge in [-0.25, -0.2) is 0 Å². The van der Waals surface area contributed by atoms with Crippen LogP contribution in [0.3, 0.4) is 0 Å². The molecule has 0 fully saturated rings. The van der Waals surface area contributed by atoms with Gasteiger partial charge in [-0.05, 0) is 19.5 Å². The zero-order chi connectivity index (χ0) is 13.8. The number of rotatable bonds is 5. The van der Waals surface area contributed by atoms with Crippen molar-refractivity contribution >= 4 is 0 Å². The lowest BCUT2D eigenvalue weighted by atomic mass is 9.99. The Labute approximate surface area is 106 Å². The number of halogens is 3. The molecule has 0 radical (unpaired) electrons. The minimum atomic E-state index is -4.13. The lowest BCUT2D eigenvalue weighted by Crippen LogP contribution is -2.38. The Kier molecular flexibility index (Phi) is 5.16. The Morgan fingerprint density at radius 3 is 2.22 bits per heavy atom. The number of alkyl halides is 3. The van der Waals surface area contributed by atoms with Crippen LogP contribution in [-0.2, 0) is 0 Å². The summed E-state index contributed by atoms with van der Waals surface area (Å²) in [5.74, 6) is 0. The highest BCUT2D eigenvalue weighted by Gasteiger charge is 2.29. The maximum absolute atomic E-state index is 12.2. The summed E-state index contributed by atoms with van der Waals surface area (Å²) in [4.78, 5) is 1.66. The van der Waals surface area contributed by atoms with Gasteiger partial charge >= 0.3 is 6.18 Å². The molecule has 0 aliphatic rings. The molecule has 1 rings (SSSR count). The van der Waals surface area contributed by atoms with Gasteiger partial charge in [0.1, 0.15) is 0 Å². The first-order valence-electron chi connectivity index (χ1n) is 5.89. The van der Waals surface area contributed by atoms with E-state index in [1.165, 1.54) is 0 Å². The van der Waals surface area contributed by atoms with Crippen LogP contribution >= 0.6 is 0 Å². The first-order chi connectivity index (χ1) is 8.31. The number of likely N-dealkylation sites (N-methyl/N-ethyl adjacent to an activating group) is 1. The first-order valence-corrected chi connectivity index (χ1v) is 5.89. The molecule has 18 heavy (non-hydrogen) atoms. The zero-order valence-electron chi connectivity index (χ0n) is 10.6. The number of hydrogen-bond donors (Lipinski definition) is 1. The molecule has 0 spiro atoms. The predicted molar refractivity (Wildman–Crippen MR) is 66.1 cm³/mol. The van der Waals surface area contributed by atoms with Crippen molar-refractivity contribution in [2.45, 2.75) is 31.6 Å². The standard InChI is InChI=1S/C13H19F3N2/c1-10(17)12(11-6-4-3-5-7-11)18(2)9-8-13(14,15)16/h3-7,10,12H,8-9,17H2,1-2H3. The topological polar surface area (TPSA) is 29.3 Å². The molecule has 0 saturated heterocycles. The molecule has 0 heterocycles. The van der Waals surface area contributed by atoms with Crippen LogP contribution in [0.5, 0.6) is 0 Å². The van der Waals surface area contributed by atoms with Gasteiger partial charge in [0.2, 0.25) is 0 Å². The third-order valence-corrected chi connectivity index (χ3v) is 2.86. The molecule has 5 heteroatoms. The van der Waals surface area contributed by atoms with Gasteiger partial charge in [-0.1, -0.05) is 30.3 Å². The van der Waals surface area contributed by atoms with Crippen LogP contribution in [0.15, 0.2) is 30.3 Å². The molecular weight excluding hydrogens is 241 g/mol. The molecule has 1 aromatic carbocycles. The zero-order valence-corrected chi connectivity index (χ0v) is 10.6. The van der Waals surface area contributed by atoms with Crippen LogP contribution in [0.2, 0.25) is 0 Å². The predicted octanol–water partition coefficient (Wildman–Crippen LogP) is 2.96. The van der Waals surface area contributed by atoms with E-state index in [-0.39, 0.29) is 18.6 Å². The molecule has 0 aliphatic carbocycles. The lowest BCUT2D eigenvalue weighted by Gasteiger charge is -2.31. The molecule has 0 aliphatic heterocycles. The van der Waals surface area contributed by atoms with Crippen LogP contribution in [-0.4, -0.2) is 30.7 Å². The van der Waals surface area contributed by atoms with Crippen molar-refractivity contribution < 1.29 is 13.2 Å². The molecule has 2 unspecified atom stereocenters. The van der Waals surface area contributed by atoms with E-state index in [0.29, 0.717) is 0 Å². The number of hydrogen-bond acceptors (Lipinski definition) is 2. The SMILES string of the molecule is CC(N)C(c1ccccc1)N(C)CCC(F)(F)F. The van der Waals surface area contributed by atoms with Crippen LogP contribution in [0.4, 0.5) is 13.2 Å². The summed E-state index contributed by atoms with van der Waals surface area (Å²) in [6.07, 6.45) is -4.95. The Morgan fingerprint density at radius 1 is 1.22 bits per heavy atom. The maximum atomic E-state index is 12.2. The molecule has 1 aromatic rings. The second-order valence-corrected chi connectivity index (χ2v) is 4.56. The summed E-state index contributed by atoms with van der Waals surface area (Å²) < 4.78 is 36.7. The van der Waals surface area contributed by atoms with E-state index in [2.05, 4.69) is 0 Å². The Balaban J connectivity index is 2.74. The molecule has 0 bridgehead atoms. The highest BCUT2D eigenvalue weighted by Crippen LogP contribution is 2.25. The summed E-state index contributed by atoms with van der Waals surface area (Å²) >= 11 is 0. The highest BCUT2D eigenvalue weighted by atomic mass is 19.4. The van der Waals surface area contributed by atoms with Crippen LogP contribution < -0.4 is 5.73 Å². The molecule has 102 valence electrons. The van der Waals surface area contributed by atoms with Gasteiger partial charge in [0.25, 0.3) is 0 Å². The maximum Gasteiger partial charge on any atom is 0.390 e. The Morgan fingerprint density at radius 2 is 1.78 bits per heavy atom. The molecule has 0 aromatic heterocycles. The van der Waals surface area contributed by atoms with E-state index in [1.54, 1.807) is 11.9 Å². The molecule has 0 amide bonds. The highest BCUT2D eigenvalue weighted by molar-refractivity contribution is 5.20. The van der Waals surface area contributed by atoms with Gasteiger partial charge in [0.05, 0.1) is 6.42 Å². The van der Waals surface area contributed by atoms with Gasteiger partial charge in [-0.3, -0.25) is 4.90 Å². The summed E-state index contributed by atoms with van der Waals surface area (Å²) in [5.41, 5.74) is 6.83. The quantitative estimate of drug-likeness (QED) is 0.882. The van der Waals surface area contributed by atoms with Crippen molar-refractivity contribution in [3.8, 4) is 0 Å². The summed E-state index contributed by atoms with van der Waals surface area (Å²) in [5, 5.41) is 0. The summed E-state index contributed by atoms with van der Waals surface area (Å²) in [6.45, 7) is 1.76. The van der Waals surface area contributed by atoms with Crippen LogP contribution in [0.1, 0.15) is 24.9 Å². The van der Waals surface area contributed by atoms with E-state index < -0.39 is 12.6 Å². The van der Waals surface area contributed by atoms with E-state index in [4.69, 9.17) is 5.73 Å². The van der Waals surface area contributed by atoms with E-state index in [9.17, 15) is 13.2 Å². The van der Waals surface area contributed by atoms with Crippen LogP contribution in [0, 0.1) is 0 Å². The second kappa shape index (κ2) is 6.20. The number of nitrogens with two attached hydrogens (primary N) is 1. The average Bonchev–Trinajstić information content (AvgIpc) is 2.26. The average molecular weight is 260 g/mol. The van der Waals surface area contributed by atoms with E-state index >= 15 is 0 Å². The van der Waals surface area contributed by atoms with Gasteiger partial charge in [-0.15, -0.1) is 0 Å². The van der Waals surface area contributed by atoms with Gasteiger partial charge in [0, 0.05) is 18.6 Å². The molecule has 0 saturated carbocycles. The normalized spacial score (nSPS) is 15.7. The minimum Gasteiger partial charge on any atom is -0.326 e. The van der Waals surface area contributed by atoms with Crippen molar-refractivity contribution in [2.24, 2.45) is 5.73 Å². The van der Waals surface area contributed by atoms with Crippen molar-refractivity contribution in [1.29, 1.82) is 0 Å². The van der Waals surface area contributed by atoms with Gasteiger partial charge in [-0.2, -0.15) is 13.2 Å². The number of nitrogens with zero attached hydrogens (tertiary/aromatic N) is 1. The molecular formula is C13H19F3N2. The largest absolute Gasteiger partial charge is 0.390 e. The molecule has 2 nitrogen and oxygen atoms in total. The van der Waals surface area contributed by atoms with E-state index in [1.807, 2.05) is 37.3 Å². The van der Waals surface area contributed by atoms with Crippen molar-refractivity contribution in [1.82, 2.24) is 4.90 Å². The minimum absolute atomic E-state index is 0.0510. The van der Waals surface area contributed by atoms with Crippen molar-refractivity contribution in [2.75, 3.05) is 13.6 Å². The van der Waals surface area contributed by atoms with Crippen molar-refractivity contribution in [3.63, 3.8) is 0 Å². The summed E-state index contributed by atoms with van der Waals surface area (Å²) in [6, 6.07) is 8.94. The Hall–Kier alpha value is -1.07. The fourth-order valence-corrected chi connectivity index (χ4v) is 2.05. The lowest BCUT2D eigenvalue weighted by molar-refractivity contribution is -0.138. The molecule has 2 N–H and O–H groups in total. The monoisotopic (exact) mass is 260 g/mol. The van der Waals surface area contributed by atoms with Gasteiger partial charge < -0.3 is 5.73 Å². The fraction of sp³-hybridized carbons (Fsp3) is 0.538. The first kappa shape index (κ1) is 15.0. The third-order valence-electron chi connectivity index (χ3n) is 2.86. The molecule has 2 atom stereocenters. The van der Waals surface area contributed by atoms with Crippen molar-refractivity contribution in [3.05, 3.63) is 35.9 Å². The Bertz CT molecular complexity index is 349. The van der Waals surface area contributed by atoms with E-state index in [0.717, 1.165) is 5.56 Å².